The molecule has 130 valence electrons. The molecule has 0 radical (unpaired) electrons. The molecule has 3 aromatic heterocycles. The van der Waals surface area contributed by atoms with Crippen LogP contribution in [0.5, 0.6) is 0 Å². The minimum Gasteiger partial charge on any atom is -0.353 e. The van der Waals surface area contributed by atoms with E-state index in [-0.39, 0.29) is 0 Å². The molecule has 0 amide bonds. The summed E-state index contributed by atoms with van der Waals surface area (Å²) in [4.78, 5) is 13.7. The highest BCUT2D eigenvalue weighted by Crippen LogP contribution is 2.25. The van der Waals surface area contributed by atoms with Crippen molar-refractivity contribution in [3.8, 4) is 11.3 Å². The molecule has 25 heavy (non-hydrogen) atoms. The topological polar surface area (TPSA) is 49.6 Å². The highest BCUT2D eigenvalue weighted by molar-refractivity contribution is 5.66. The highest BCUT2D eigenvalue weighted by Gasteiger charge is 2.21. The number of piperazine rings is 1. The first-order valence-electron chi connectivity index (χ1n) is 8.89. The third kappa shape index (κ3) is 2.98. The average molecular weight is 336 g/mol. The lowest BCUT2D eigenvalue weighted by Gasteiger charge is -2.37. The van der Waals surface area contributed by atoms with E-state index in [9.17, 15) is 0 Å². The van der Waals surface area contributed by atoms with E-state index in [2.05, 4.69) is 45.7 Å². The monoisotopic (exact) mass is 336 g/mol. The lowest BCUT2D eigenvalue weighted by Crippen LogP contribution is -2.49. The lowest BCUT2D eigenvalue weighted by atomic mass is 10.2. The van der Waals surface area contributed by atoms with Gasteiger partial charge in [0.1, 0.15) is 5.82 Å². The summed E-state index contributed by atoms with van der Waals surface area (Å²) < 4.78 is 1.97. The Balaban J connectivity index is 1.69. The minimum absolute atomic E-state index is 0.604. The van der Waals surface area contributed by atoms with Crippen LogP contribution in [0.1, 0.15) is 19.5 Å². The number of imidazole rings is 1. The van der Waals surface area contributed by atoms with Crippen molar-refractivity contribution < 1.29 is 0 Å². The number of fused-ring (bicyclic) bond motifs is 1. The van der Waals surface area contributed by atoms with Gasteiger partial charge in [-0.25, -0.2) is 9.50 Å². The summed E-state index contributed by atoms with van der Waals surface area (Å²) in [5.41, 5.74) is 4.00. The summed E-state index contributed by atoms with van der Waals surface area (Å²) in [5.74, 6) is 1.02. The van der Waals surface area contributed by atoms with Crippen molar-refractivity contribution in [2.24, 2.45) is 0 Å². The third-order valence-corrected chi connectivity index (χ3v) is 4.96. The van der Waals surface area contributed by atoms with Crippen molar-refractivity contribution in [3.05, 3.63) is 42.4 Å². The second-order valence-corrected chi connectivity index (χ2v) is 6.86. The molecule has 0 aliphatic carbocycles. The van der Waals surface area contributed by atoms with Gasteiger partial charge in [-0.05, 0) is 45.0 Å². The minimum atomic E-state index is 0.604. The fourth-order valence-electron chi connectivity index (χ4n) is 3.51. The average Bonchev–Trinajstić information content (AvgIpc) is 2.97. The molecule has 0 atom stereocenters. The second kappa shape index (κ2) is 6.44. The zero-order valence-electron chi connectivity index (χ0n) is 15.1. The highest BCUT2D eigenvalue weighted by atomic mass is 15.4. The Labute approximate surface area is 148 Å². The van der Waals surface area contributed by atoms with Crippen LogP contribution in [0.4, 0.5) is 5.82 Å². The molecule has 0 N–H and O–H groups in total. The smallest absolute Gasteiger partial charge is 0.154 e. The maximum Gasteiger partial charge on any atom is 0.154 e. The predicted octanol–water partition coefficient (Wildman–Crippen LogP) is 2.63. The van der Waals surface area contributed by atoms with Gasteiger partial charge in [-0.15, -0.1) is 5.10 Å². The predicted molar refractivity (Wildman–Crippen MR) is 99.9 cm³/mol. The number of nitrogens with zero attached hydrogens (tertiary/aromatic N) is 6. The zero-order valence-corrected chi connectivity index (χ0v) is 15.1. The Bertz CT molecular complexity index is 862. The molecule has 0 saturated carbocycles. The van der Waals surface area contributed by atoms with Crippen molar-refractivity contribution in [2.45, 2.75) is 26.8 Å². The van der Waals surface area contributed by atoms with Crippen LogP contribution in [-0.4, -0.2) is 56.7 Å². The summed E-state index contributed by atoms with van der Waals surface area (Å²) in [6.07, 6.45) is 3.62. The van der Waals surface area contributed by atoms with Crippen molar-refractivity contribution in [1.82, 2.24) is 24.5 Å². The van der Waals surface area contributed by atoms with Gasteiger partial charge in [-0.1, -0.05) is 0 Å². The summed E-state index contributed by atoms with van der Waals surface area (Å²) in [6, 6.07) is 8.77. The molecule has 0 unspecified atom stereocenters. The molecule has 1 saturated heterocycles. The number of anilines is 1. The summed E-state index contributed by atoms with van der Waals surface area (Å²) in [5, 5.41) is 4.91. The van der Waals surface area contributed by atoms with E-state index in [4.69, 9.17) is 5.10 Å². The molecule has 1 aliphatic rings. The van der Waals surface area contributed by atoms with Crippen molar-refractivity contribution >= 4 is 11.5 Å². The molecule has 1 aliphatic heterocycles. The van der Waals surface area contributed by atoms with Gasteiger partial charge in [0.2, 0.25) is 0 Å². The van der Waals surface area contributed by atoms with Crippen molar-refractivity contribution in [1.29, 1.82) is 0 Å². The maximum atomic E-state index is 4.91. The van der Waals surface area contributed by atoms with E-state index in [1.807, 2.05) is 36.0 Å². The first-order valence-corrected chi connectivity index (χ1v) is 8.89. The molecular formula is C19H24N6. The molecule has 0 bridgehead atoms. The first-order chi connectivity index (χ1) is 12.1. The molecule has 0 spiro atoms. The number of aryl methyl sites for hydroxylation is 1. The largest absolute Gasteiger partial charge is 0.353 e. The Kier molecular flexibility index (Phi) is 4.13. The van der Waals surface area contributed by atoms with Gasteiger partial charge in [-0.2, -0.15) is 0 Å². The molecule has 0 aromatic carbocycles. The molecular weight excluding hydrogens is 312 g/mol. The Morgan fingerprint density at radius 1 is 0.960 bits per heavy atom. The van der Waals surface area contributed by atoms with Gasteiger partial charge in [0.25, 0.3) is 0 Å². The van der Waals surface area contributed by atoms with Gasteiger partial charge in [0, 0.05) is 50.2 Å². The van der Waals surface area contributed by atoms with Gasteiger partial charge in [-0.3, -0.25) is 9.88 Å². The molecule has 4 rings (SSSR count). The normalized spacial score (nSPS) is 16.1. The fourth-order valence-corrected chi connectivity index (χ4v) is 3.51. The standard InChI is InChI=1S/C19H24N6/c1-14(2)23-10-12-24(13-11-23)18-5-4-17-21-15(3)19(25(17)22-18)16-6-8-20-9-7-16/h4-9,14H,10-13H2,1-3H3. The molecule has 6 nitrogen and oxygen atoms in total. The van der Waals surface area contributed by atoms with Gasteiger partial charge < -0.3 is 4.90 Å². The van der Waals surface area contributed by atoms with Crippen LogP contribution >= 0.6 is 0 Å². The zero-order chi connectivity index (χ0) is 17.4. The van der Waals surface area contributed by atoms with E-state index in [0.717, 1.165) is 54.6 Å². The molecule has 1 fully saturated rings. The number of hydrogen-bond donors (Lipinski definition) is 0. The van der Waals surface area contributed by atoms with Gasteiger partial charge in [0.05, 0.1) is 11.4 Å². The van der Waals surface area contributed by atoms with Crippen LogP contribution in [0.3, 0.4) is 0 Å². The van der Waals surface area contributed by atoms with E-state index >= 15 is 0 Å². The maximum absolute atomic E-state index is 4.91. The molecule has 4 heterocycles. The molecule has 6 heteroatoms. The quantitative estimate of drug-likeness (QED) is 0.736. The lowest BCUT2D eigenvalue weighted by molar-refractivity contribution is 0.209. The van der Waals surface area contributed by atoms with Crippen LogP contribution in [0.25, 0.3) is 16.9 Å². The van der Waals surface area contributed by atoms with Crippen LogP contribution in [0, 0.1) is 6.92 Å². The van der Waals surface area contributed by atoms with Crippen LogP contribution in [0.2, 0.25) is 0 Å². The number of hydrogen-bond acceptors (Lipinski definition) is 5. The van der Waals surface area contributed by atoms with E-state index in [0.29, 0.717) is 6.04 Å². The van der Waals surface area contributed by atoms with Crippen molar-refractivity contribution in [2.75, 3.05) is 31.1 Å². The fraction of sp³-hybridized carbons (Fsp3) is 0.421. The number of rotatable bonds is 3. The van der Waals surface area contributed by atoms with Gasteiger partial charge in [0.15, 0.2) is 5.65 Å². The third-order valence-electron chi connectivity index (χ3n) is 4.96. The molecule has 3 aromatic rings. The van der Waals surface area contributed by atoms with Gasteiger partial charge >= 0.3 is 0 Å². The van der Waals surface area contributed by atoms with E-state index in [1.165, 1.54) is 0 Å². The van der Waals surface area contributed by atoms with Crippen molar-refractivity contribution in [3.63, 3.8) is 0 Å². The van der Waals surface area contributed by atoms with Crippen LogP contribution in [-0.2, 0) is 0 Å². The summed E-state index contributed by atoms with van der Waals surface area (Å²) in [7, 11) is 0. The first kappa shape index (κ1) is 16.0. The summed E-state index contributed by atoms with van der Waals surface area (Å²) >= 11 is 0. The second-order valence-electron chi connectivity index (χ2n) is 6.86. The summed E-state index contributed by atoms with van der Waals surface area (Å²) in [6.45, 7) is 10.7. The van der Waals surface area contributed by atoms with Crippen LogP contribution < -0.4 is 4.90 Å². The Morgan fingerprint density at radius 3 is 2.36 bits per heavy atom. The SMILES string of the molecule is Cc1nc2ccc(N3CCN(C(C)C)CC3)nn2c1-c1ccncc1. The Hall–Kier alpha value is -2.47. The van der Waals surface area contributed by atoms with E-state index < -0.39 is 0 Å². The number of aromatic nitrogens is 4. The van der Waals surface area contributed by atoms with E-state index in [1.54, 1.807) is 0 Å². The number of pyridine rings is 1. The Morgan fingerprint density at radius 2 is 1.68 bits per heavy atom. The van der Waals surface area contributed by atoms with Crippen LogP contribution in [0.15, 0.2) is 36.7 Å².